The summed E-state index contributed by atoms with van der Waals surface area (Å²) in [6, 6.07) is 3.92. The molecule has 0 radical (unpaired) electrons. The summed E-state index contributed by atoms with van der Waals surface area (Å²) in [4.78, 5) is 27.5. The Morgan fingerprint density at radius 2 is 1.71 bits per heavy atom. The average Bonchev–Trinajstić information content (AvgIpc) is 2.37. The minimum absolute atomic E-state index is 0.144. The number of H-pyrrole nitrogens is 1. The molecule has 0 amide bonds. The predicted molar refractivity (Wildman–Crippen MR) is 85.9 cm³/mol. The van der Waals surface area contributed by atoms with Gasteiger partial charge in [-0.25, -0.2) is 9.36 Å². The Balaban J connectivity index is 2.86. The summed E-state index contributed by atoms with van der Waals surface area (Å²) in [5.74, 6) is 0. The van der Waals surface area contributed by atoms with Crippen molar-refractivity contribution in [1.29, 1.82) is 0 Å². The molecular formula is C16H19ClN2O2. The molecule has 5 heteroatoms. The number of aromatic nitrogens is 2. The maximum Gasteiger partial charge on any atom is 0.334 e. The second-order valence-corrected chi connectivity index (χ2v) is 5.74. The number of benzene rings is 1. The molecule has 4 nitrogen and oxygen atoms in total. The Bertz CT molecular complexity index is 780. The zero-order valence-electron chi connectivity index (χ0n) is 12.7. The Morgan fingerprint density at radius 1 is 1.14 bits per heavy atom. The van der Waals surface area contributed by atoms with Crippen molar-refractivity contribution in [3.63, 3.8) is 0 Å². The zero-order valence-corrected chi connectivity index (χ0v) is 13.5. The number of halogens is 1. The van der Waals surface area contributed by atoms with Gasteiger partial charge in [-0.15, -0.1) is 0 Å². The first kappa shape index (κ1) is 15.6. The van der Waals surface area contributed by atoms with Crippen LogP contribution in [-0.4, -0.2) is 9.55 Å². The summed E-state index contributed by atoms with van der Waals surface area (Å²) in [7, 11) is 0. The first-order valence-electron chi connectivity index (χ1n) is 6.98. The Labute approximate surface area is 128 Å². The van der Waals surface area contributed by atoms with Crippen LogP contribution in [-0.2, 0) is 6.42 Å². The molecule has 0 aliphatic carbocycles. The van der Waals surface area contributed by atoms with Crippen LogP contribution in [0.3, 0.4) is 0 Å². The van der Waals surface area contributed by atoms with E-state index >= 15 is 0 Å². The van der Waals surface area contributed by atoms with Crippen LogP contribution >= 0.6 is 11.6 Å². The quantitative estimate of drug-likeness (QED) is 0.886. The van der Waals surface area contributed by atoms with Gasteiger partial charge >= 0.3 is 5.69 Å². The Hall–Kier alpha value is -1.81. The summed E-state index contributed by atoms with van der Waals surface area (Å²) in [6.45, 7) is 7.75. The average molecular weight is 307 g/mol. The molecule has 0 spiro atoms. The largest absolute Gasteiger partial charge is 0.334 e. The number of hydrogen-bond donors (Lipinski definition) is 1. The summed E-state index contributed by atoms with van der Waals surface area (Å²) in [5.41, 5.74) is 3.15. The standard InChI is InChI=1S/C16H19ClN2O2/c1-5-6-12-14(17)18-16(21)19(15(12)20)13-10(3)7-9(2)8-11(13)4/h7-8H,5-6H2,1-4H3,(H,18,21). The molecule has 112 valence electrons. The third-order valence-corrected chi connectivity index (χ3v) is 3.83. The Kier molecular flexibility index (Phi) is 4.37. The van der Waals surface area contributed by atoms with Crippen LogP contribution in [0.4, 0.5) is 0 Å². The highest BCUT2D eigenvalue weighted by Gasteiger charge is 2.16. The SMILES string of the molecule is CCCc1c(Cl)[nH]c(=O)n(-c2c(C)cc(C)cc2C)c1=O. The first-order valence-corrected chi connectivity index (χ1v) is 7.36. The molecular weight excluding hydrogens is 288 g/mol. The maximum atomic E-state index is 12.6. The molecule has 1 heterocycles. The molecule has 2 aromatic rings. The van der Waals surface area contributed by atoms with E-state index in [1.807, 2.05) is 39.8 Å². The number of rotatable bonds is 3. The lowest BCUT2D eigenvalue weighted by atomic mass is 10.0. The third-order valence-electron chi connectivity index (χ3n) is 3.50. The van der Waals surface area contributed by atoms with E-state index in [9.17, 15) is 9.59 Å². The van der Waals surface area contributed by atoms with Crippen LogP contribution in [0.25, 0.3) is 5.69 Å². The van der Waals surface area contributed by atoms with E-state index in [2.05, 4.69) is 4.98 Å². The van der Waals surface area contributed by atoms with E-state index in [1.165, 1.54) is 4.57 Å². The molecule has 1 aromatic heterocycles. The number of aromatic amines is 1. The van der Waals surface area contributed by atoms with Gasteiger partial charge in [-0.2, -0.15) is 0 Å². The minimum atomic E-state index is -0.500. The highest BCUT2D eigenvalue weighted by Crippen LogP contribution is 2.19. The summed E-state index contributed by atoms with van der Waals surface area (Å²) in [6.07, 6.45) is 1.32. The fraction of sp³-hybridized carbons (Fsp3) is 0.375. The molecule has 21 heavy (non-hydrogen) atoms. The molecule has 0 unspecified atom stereocenters. The van der Waals surface area contributed by atoms with Crippen LogP contribution in [0.2, 0.25) is 5.15 Å². The van der Waals surface area contributed by atoms with E-state index in [4.69, 9.17) is 11.6 Å². The van der Waals surface area contributed by atoms with E-state index in [1.54, 1.807) is 0 Å². The predicted octanol–water partition coefficient (Wildman–Crippen LogP) is 3.06. The lowest BCUT2D eigenvalue weighted by molar-refractivity contribution is 0.804. The number of aryl methyl sites for hydroxylation is 3. The molecule has 0 saturated carbocycles. The zero-order chi connectivity index (χ0) is 15.7. The highest BCUT2D eigenvalue weighted by molar-refractivity contribution is 6.30. The van der Waals surface area contributed by atoms with E-state index < -0.39 is 5.69 Å². The minimum Gasteiger partial charge on any atom is -0.297 e. The summed E-state index contributed by atoms with van der Waals surface area (Å²) >= 11 is 6.01. The van der Waals surface area contributed by atoms with Crippen LogP contribution in [0.1, 0.15) is 35.6 Å². The number of nitrogens with one attached hydrogen (secondary N) is 1. The fourth-order valence-electron chi connectivity index (χ4n) is 2.74. The van der Waals surface area contributed by atoms with E-state index in [0.29, 0.717) is 17.7 Å². The van der Waals surface area contributed by atoms with Crippen molar-refractivity contribution in [1.82, 2.24) is 9.55 Å². The Morgan fingerprint density at radius 3 is 2.24 bits per heavy atom. The molecule has 2 rings (SSSR count). The highest BCUT2D eigenvalue weighted by atomic mass is 35.5. The lowest BCUT2D eigenvalue weighted by Gasteiger charge is -2.14. The number of hydrogen-bond acceptors (Lipinski definition) is 2. The summed E-state index contributed by atoms with van der Waals surface area (Å²) < 4.78 is 1.20. The van der Waals surface area contributed by atoms with Gasteiger partial charge in [0.2, 0.25) is 0 Å². The van der Waals surface area contributed by atoms with Gasteiger partial charge in [-0.1, -0.05) is 42.6 Å². The summed E-state index contributed by atoms with van der Waals surface area (Å²) in [5, 5.41) is 0.144. The van der Waals surface area contributed by atoms with Gasteiger partial charge in [0.25, 0.3) is 5.56 Å². The molecule has 0 saturated heterocycles. The second kappa shape index (κ2) is 5.90. The van der Waals surface area contributed by atoms with Crippen molar-refractivity contribution in [2.24, 2.45) is 0 Å². The second-order valence-electron chi connectivity index (χ2n) is 5.36. The van der Waals surface area contributed by atoms with Crippen molar-refractivity contribution < 1.29 is 0 Å². The van der Waals surface area contributed by atoms with E-state index in [0.717, 1.165) is 23.1 Å². The van der Waals surface area contributed by atoms with Crippen molar-refractivity contribution in [3.05, 3.63) is 60.4 Å². The molecule has 0 aliphatic rings. The van der Waals surface area contributed by atoms with Crippen LogP contribution in [0, 0.1) is 20.8 Å². The van der Waals surface area contributed by atoms with Gasteiger partial charge in [0.1, 0.15) is 5.15 Å². The van der Waals surface area contributed by atoms with Crippen molar-refractivity contribution in [2.75, 3.05) is 0 Å². The molecule has 1 N–H and O–H groups in total. The van der Waals surface area contributed by atoms with Gasteiger partial charge in [0, 0.05) is 0 Å². The van der Waals surface area contributed by atoms with Crippen molar-refractivity contribution >= 4 is 11.6 Å². The van der Waals surface area contributed by atoms with Crippen LogP contribution in [0.15, 0.2) is 21.7 Å². The lowest BCUT2D eigenvalue weighted by Crippen LogP contribution is -2.37. The van der Waals surface area contributed by atoms with E-state index in [-0.39, 0.29) is 10.7 Å². The van der Waals surface area contributed by atoms with Gasteiger partial charge in [-0.3, -0.25) is 9.78 Å². The maximum absolute atomic E-state index is 12.6. The van der Waals surface area contributed by atoms with Crippen molar-refractivity contribution in [3.8, 4) is 5.69 Å². The fourth-order valence-corrected chi connectivity index (χ4v) is 3.00. The monoisotopic (exact) mass is 306 g/mol. The number of nitrogens with zero attached hydrogens (tertiary/aromatic N) is 1. The van der Waals surface area contributed by atoms with Crippen LogP contribution in [0.5, 0.6) is 0 Å². The normalized spacial score (nSPS) is 10.9. The smallest absolute Gasteiger partial charge is 0.297 e. The van der Waals surface area contributed by atoms with Gasteiger partial charge < -0.3 is 0 Å². The molecule has 0 atom stereocenters. The molecule has 0 bridgehead atoms. The van der Waals surface area contributed by atoms with Crippen molar-refractivity contribution in [2.45, 2.75) is 40.5 Å². The van der Waals surface area contributed by atoms with Crippen LogP contribution < -0.4 is 11.2 Å². The molecule has 0 aliphatic heterocycles. The molecule has 1 aromatic carbocycles. The van der Waals surface area contributed by atoms with Gasteiger partial charge in [0.05, 0.1) is 11.3 Å². The molecule has 0 fully saturated rings. The third kappa shape index (κ3) is 2.81. The topological polar surface area (TPSA) is 54.9 Å². The van der Waals surface area contributed by atoms with Gasteiger partial charge in [-0.05, 0) is 38.3 Å². The van der Waals surface area contributed by atoms with Gasteiger partial charge in [0.15, 0.2) is 0 Å². The first-order chi connectivity index (χ1) is 9.86.